The molecule has 0 atom stereocenters. The maximum atomic E-state index is 13.9. The van der Waals surface area contributed by atoms with Gasteiger partial charge in [0.1, 0.15) is 0 Å². The minimum atomic E-state index is -0.227. The monoisotopic (exact) mass is 300 g/mol. The lowest BCUT2D eigenvalue weighted by Crippen LogP contribution is -2.29. The molecule has 17 heavy (non-hydrogen) atoms. The van der Waals surface area contributed by atoms with Gasteiger partial charge in [-0.1, -0.05) is 13.8 Å². The summed E-state index contributed by atoms with van der Waals surface area (Å²) in [6.07, 6.45) is 5.07. The average molecular weight is 301 g/mol. The molecule has 94 valence electrons. The van der Waals surface area contributed by atoms with E-state index in [2.05, 4.69) is 39.7 Å². The largest absolute Gasteiger partial charge is 0.351 e. The van der Waals surface area contributed by atoms with Crippen LogP contribution in [0.3, 0.4) is 0 Å². The zero-order chi connectivity index (χ0) is 12.4. The van der Waals surface area contributed by atoms with Gasteiger partial charge in [-0.2, -0.15) is 0 Å². The van der Waals surface area contributed by atoms with Gasteiger partial charge in [0.2, 0.25) is 0 Å². The highest BCUT2D eigenvalue weighted by atomic mass is 79.9. The molecular weight excluding hydrogens is 283 g/mol. The molecule has 0 unspecified atom stereocenters. The molecule has 1 saturated carbocycles. The van der Waals surface area contributed by atoms with Crippen molar-refractivity contribution < 1.29 is 4.39 Å². The SMILES string of the molecule is CC(C)CCN(c1ncc(Br)cc1F)C1CC1. The third-order valence-corrected chi connectivity index (χ3v) is 3.43. The Balaban J connectivity index is 2.14. The van der Waals surface area contributed by atoms with E-state index in [1.807, 2.05) is 0 Å². The number of rotatable bonds is 5. The molecule has 1 aliphatic rings. The minimum absolute atomic E-state index is 0.227. The molecule has 0 bridgehead atoms. The Bertz CT molecular complexity index is 391. The smallest absolute Gasteiger partial charge is 0.166 e. The first-order chi connectivity index (χ1) is 8.08. The van der Waals surface area contributed by atoms with Crippen LogP contribution in [0.25, 0.3) is 0 Å². The number of aromatic nitrogens is 1. The highest BCUT2D eigenvalue weighted by molar-refractivity contribution is 9.10. The molecular formula is C13H18BrFN2. The van der Waals surface area contributed by atoms with Gasteiger partial charge in [0.05, 0.1) is 0 Å². The summed E-state index contributed by atoms with van der Waals surface area (Å²) in [7, 11) is 0. The van der Waals surface area contributed by atoms with E-state index in [0.717, 1.165) is 25.8 Å². The normalized spacial score (nSPS) is 15.4. The molecule has 1 aromatic heterocycles. The van der Waals surface area contributed by atoms with Crippen LogP contribution >= 0.6 is 15.9 Å². The van der Waals surface area contributed by atoms with E-state index in [4.69, 9.17) is 0 Å². The number of hydrogen-bond donors (Lipinski definition) is 0. The van der Waals surface area contributed by atoms with Crippen molar-refractivity contribution in [2.75, 3.05) is 11.4 Å². The summed E-state index contributed by atoms with van der Waals surface area (Å²) in [5.74, 6) is 0.918. The second-order valence-electron chi connectivity index (χ2n) is 5.07. The molecule has 1 aromatic rings. The Morgan fingerprint density at radius 2 is 2.24 bits per heavy atom. The molecule has 0 N–H and O–H groups in total. The maximum Gasteiger partial charge on any atom is 0.166 e. The summed E-state index contributed by atoms with van der Waals surface area (Å²) in [4.78, 5) is 6.35. The predicted octanol–water partition coefficient (Wildman–Crippen LogP) is 4.00. The summed E-state index contributed by atoms with van der Waals surface area (Å²) in [6.45, 7) is 5.28. The van der Waals surface area contributed by atoms with Crippen LogP contribution in [0.5, 0.6) is 0 Å². The summed E-state index contributed by atoms with van der Waals surface area (Å²) < 4.78 is 14.6. The van der Waals surface area contributed by atoms with E-state index in [0.29, 0.717) is 22.3 Å². The van der Waals surface area contributed by atoms with E-state index in [1.165, 1.54) is 6.07 Å². The lowest BCUT2D eigenvalue weighted by Gasteiger charge is -2.24. The summed E-state index contributed by atoms with van der Waals surface area (Å²) in [6, 6.07) is 1.99. The molecule has 0 radical (unpaired) electrons. The summed E-state index contributed by atoms with van der Waals surface area (Å²) >= 11 is 3.24. The standard InChI is InChI=1S/C13H18BrFN2/c1-9(2)5-6-17(11-3-4-11)13-12(15)7-10(14)8-16-13/h7-9,11H,3-6H2,1-2H3. The van der Waals surface area contributed by atoms with Crippen LogP contribution in [-0.2, 0) is 0 Å². The van der Waals surface area contributed by atoms with Gasteiger partial charge in [-0.15, -0.1) is 0 Å². The molecule has 1 fully saturated rings. The zero-order valence-electron chi connectivity index (χ0n) is 10.3. The Morgan fingerprint density at radius 1 is 1.53 bits per heavy atom. The van der Waals surface area contributed by atoms with Crippen molar-refractivity contribution in [3.8, 4) is 0 Å². The number of anilines is 1. The van der Waals surface area contributed by atoms with E-state index in [-0.39, 0.29) is 5.82 Å². The van der Waals surface area contributed by atoms with Gasteiger partial charge in [-0.25, -0.2) is 9.37 Å². The van der Waals surface area contributed by atoms with Crippen LogP contribution in [0.15, 0.2) is 16.7 Å². The molecule has 0 aromatic carbocycles. The molecule has 0 aliphatic heterocycles. The van der Waals surface area contributed by atoms with Crippen molar-refractivity contribution in [3.05, 3.63) is 22.6 Å². The first-order valence-electron chi connectivity index (χ1n) is 6.15. The fourth-order valence-electron chi connectivity index (χ4n) is 1.86. The number of nitrogens with zero attached hydrogens (tertiary/aromatic N) is 2. The average Bonchev–Trinajstić information content (AvgIpc) is 3.04. The van der Waals surface area contributed by atoms with Crippen molar-refractivity contribution in [2.45, 2.75) is 39.2 Å². The number of pyridine rings is 1. The molecule has 0 amide bonds. The topological polar surface area (TPSA) is 16.1 Å². The second kappa shape index (κ2) is 5.34. The first-order valence-corrected chi connectivity index (χ1v) is 6.95. The molecule has 0 saturated heterocycles. The molecule has 1 aliphatic carbocycles. The molecule has 1 heterocycles. The van der Waals surface area contributed by atoms with Crippen molar-refractivity contribution in [1.29, 1.82) is 0 Å². The first kappa shape index (κ1) is 12.8. The Labute approximate surface area is 110 Å². The van der Waals surface area contributed by atoms with E-state index < -0.39 is 0 Å². The molecule has 4 heteroatoms. The third-order valence-electron chi connectivity index (χ3n) is 3.00. The van der Waals surface area contributed by atoms with E-state index in [1.54, 1.807) is 6.20 Å². The quantitative estimate of drug-likeness (QED) is 0.817. The van der Waals surface area contributed by atoms with Crippen LogP contribution in [0.2, 0.25) is 0 Å². The predicted molar refractivity (Wildman–Crippen MR) is 71.7 cm³/mol. The Kier molecular flexibility index (Phi) is 4.02. The molecule has 0 spiro atoms. The maximum absolute atomic E-state index is 13.9. The van der Waals surface area contributed by atoms with Crippen molar-refractivity contribution in [2.24, 2.45) is 5.92 Å². The summed E-state index contributed by atoms with van der Waals surface area (Å²) in [5.41, 5.74) is 0. The fraction of sp³-hybridized carbons (Fsp3) is 0.615. The Hall–Kier alpha value is -0.640. The number of hydrogen-bond acceptors (Lipinski definition) is 2. The van der Waals surface area contributed by atoms with Crippen LogP contribution < -0.4 is 4.90 Å². The van der Waals surface area contributed by atoms with Gasteiger partial charge in [-0.3, -0.25) is 0 Å². The van der Waals surface area contributed by atoms with Crippen molar-refractivity contribution >= 4 is 21.7 Å². The van der Waals surface area contributed by atoms with Crippen LogP contribution in [0.4, 0.5) is 10.2 Å². The second-order valence-corrected chi connectivity index (χ2v) is 5.98. The number of halogens is 2. The van der Waals surface area contributed by atoms with Gasteiger partial charge in [0.15, 0.2) is 11.6 Å². The Morgan fingerprint density at radius 3 is 2.76 bits per heavy atom. The minimum Gasteiger partial charge on any atom is -0.351 e. The highest BCUT2D eigenvalue weighted by Gasteiger charge is 2.31. The van der Waals surface area contributed by atoms with Crippen molar-refractivity contribution in [3.63, 3.8) is 0 Å². The van der Waals surface area contributed by atoms with E-state index in [9.17, 15) is 4.39 Å². The van der Waals surface area contributed by atoms with Crippen LogP contribution in [-0.4, -0.2) is 17.6 Å². The molecule has 2 nitrogen and oxygen atoms in total. The zero-order valence-corrected chi connectivity index (χ0v) is 11.9. The van der Waals surface area contributed by atoms with Gasteiger partial charge >= 0.3 is 0 Å². The van der Waals surface area contributed by atoms with Gasteiger partial charge in [-0.05, 0) is 47.2 Å². The van der Waals surface area contributed by atoms with Crippen LogP contribution in [0.1, 0.15) is 33.1 Å². The molecule has 2 rings (SSSR count). The van der Waals surface area contributed by atoms with E-state index >= 15 is 0 Å². The van der Waals surface area contributed by atoms with Crippen molar-refractivity contribution in [1.82, 2.24) is 4.98 Å². The fourth-order valence-corrected chi connectivity index (χ4v) is 2.17. The third kappa shape index (κ3) is 3.41. The van der Waals surface area contributed by atoms with Gasteiger partial charge in [0.25, 0.3) is 0 Å². The van der Waals surface area contributed by atoms with Gasteiger partial charge in [0, 0.05) is 23.3 Å². The van der Waals surface area contributed by atoms with Gasteiger partial charge < -0.3 is 4.90 Å². The summed E-state index contributed by atoms with van der Waals surface area (Å²) in [5, 5.41) is 0. The lowest BCUT2D eigenvalue weighted by molar-refractivity contribution is 0.553. The van der Waals surface area contributed by atoms with Crippen LogP contribution in [0, 0.1) is 11.7 Å². The highest BCUT2D eigenvalue weighted by Crippen LogP contribution is 2.33. The lowest BCUT2D eigenvalue weighted by atomic mass is 10.1.